The number of carbonyl (C=O) groups excluding carboxylic acids is 1. The van der Waals surface area contributed by atoms with Crippen LogP contribution in [0.3, 0.4) is 0 Å². The largest absolute Gasteiger partial charge is 0.490 e. The molecule has 1 fully saturated rings. The third kappa shape index (κ3) is 7.10. The highest BCUT2D eigenvalue weighted by molar-refractivity contribution is 7.97. The first kappa shape index (κ1) is 27.1. The molecule has 0 spiro atoms. The summed E-state index contributed by atoms with van der Waals surface area (Å²) >= 11 is 3.14. The third-order valence-corrected chi connectivity index (χ3v) is 7.96. The van der Waals surface area contributed by atoms with Crippen LogP contribution in [0.1, 0.15) is 63.4 Å². The lowest BCUT2D eigenvalue weighted by Crippen LogP contribution is -2.25. The molecule has 1 unspecified atom stereocenters. The fraction of sp³-hybridized carbons (Fsp3) is 0.429. The molecule has 1 aromatic heterocycles. The van der Waals surface area contributed by atoms with Gasteiger partial charge in [-0.15, -0.1) is 10.2 Å². The first-order chi connectivity index (χ1) is 18.0. The number of allylic oxidation sites excluding steroid dienone is 5. The van der Waals surface area contributed by atoms with E-state index in [1.54, 1.807) is 23.3 Å². The fourth-order valence-corrected chi connectivity index (χ4v) is 6.16. The van der Waals surface area contributed by atoms with Crippen molar-refractivity contribution in [2.75, 3.05) is 12.4 Å². The van der Waals surface area contributed by atoms with Crippen LogP contribution in [0.15, 0.2) is 47.6 Å². The Morgan fingerprint density at radius 2 is 2.16 bits per heavy atom. The highest BCUT2D eigenvalue weighted by Gasteiger charge is 2.24. The summed E-state index contributed by atoms with van der Waals surface area (Å²) in [4.78, 5) is 11.6. The Hall–Kier alpha value is -2.93. The van der Waals surface area contributed by atoms with Crippen LogP contribution in [-0.4, -0.2) is 40.7 Å². The minimum absolute atomic E-state index is 0.00223. The lowest BCUT2D eigenvalue weighted by molar-refractivity contribution is -0.142. The molecular formula is C28H32N4O3S2. The number of nitrogens with one attached hydrogen (secondary N) is 1. The molecule has 2 aromatic rings. The standard InChI is InChI=1S/C28H32N4O3S2/c1-4-34-26(33)13-14-36-32-24-10-6-7-19-15-20(24)8-5-9-23(19)28-31-30-27(37-28)21-11-12-25(35-18(2)3)22(16-21)17-29/h5,8-9,11-12,16,18,24,32H,4,6-7,10,13-15H2,1-3H3. The van der Waals surface area contributed by atoms with Gasteiger partial charge in [-0.25, -0.2) is 0 Å². The highest BCUT2D eigenvalue weighted by Crippen LogP contribution is 2.38. The van der Waals surface area contributed by atoms with Gasteiger partial charge in [0.2, 0.25) is 0 Å². The minimum atomic E-state index is -0.149. The van der Waals surface area contributed by atoms with Crippen molar-refractivity contribution >= 4 is 34.8 Å². The van der Waals surface area contributed by atoms with Gasteiger partial charge in [-0.2, -0.15) is 5.26 Å². The van der Waals surface area contributed by atoms with Crippen molar-refractivity contribution in [1.29, 1.82) is 5.26 Å². The molecule has 1 saturated carbocycles. The summed E-state index contributed by atoms with van der Waals surface area (Å²) in [7, 11) is 0. The van der Waals surface area contributed by atoms with Crippen molar-refractivity contribution in [3.8, 4) is 22.4 Å². The van der Waals surface area contributed by atoms with E-state index in [-0.39, 0.29) is 18.1 Å². The van der Waals surface area contributed by atoms with Gasteiger partial charge < -0.3 is 9.47 Å². The molecule has 0 aliphatic heterocycles. The number of nitriles is 1. The van der Waals surface area contributed by atoms with Crippen LogP contribution in [-0.2, 0) is 9.53 Å². The molecule has 7 nitrogen and oxygen atoms in total. The van der Waals surface area contributed by atoms with E-state index in [2.05, 4.69) is 39.2 Å². The van der Waals surface area contributed by atoms with Crippen molar-refractivity contribution in [2.24, 2.45) is 0 Å². The molecule has 1 atom stereocenters. The number of rotatable bonds is 10. The zero-order chi connectivity index (χ0) is 26.2. The number of hydrogen-bond acceptors (Lipinski definition) is 9. The number of hydrogen-bond donors (Lipinski definition) is 1. The number of aromatic nitrogens is 2. The molecule has 9 heteroatoms. The van der Waals surface area contributed by atoms with Crippen LogP contribution >= 0.6 is 23.3 Å². The van der Waals surface area contributed by atoms with E-state index in [1.807, 2.05) is 39.0 Å². The normalized spacial score (nSPS) is 17.2. The van der Waals surface area contributed by atoms with Gasteiger partial charge in [-0.3, -0.25) is 9.52 Å². The first-order valence-corrected chi connectivity index (χ1v) is 14.5. The van der Waals surface area contributed by atoms with E-state index >= 15 is 0 Å². The topological polar surface area (TPSA) is 97.1 Å². The van der Waals surface area contributed by atoms with Gasteiger partial charge in [0.25, 0.3) is 0 Å². The Bertz CT molecular complexity index is 1260. The zero-order valence-corrected chi connectivity index (χ0v) is 23.1. The van der Waals surface area contributed by atoms with Crippen molar-refractivity contribution in [2.45, 2.75) is 65.0 Å². The smallest absolute Gasteiger partial charge is 0.306 e. The highest BCUT2D eigenvalue weighted by atomic mass is 32.2. The molecule has 1 heterocycles. The summed E-state index contributed by atoms with van der Waals surface area (Å²) in [5, 5.41) is 20.3. The van der Waals surface area contributed by atoms with E-state index in [0.29, 0.717) is 30.1 Å². The summed E-state index contributed by atoms with van der Waals surface area (Å²) in [5.41, 5.74) is 5.23. The molecule has 37 heavy (non-hydrogen) atoms. The van der Waals surface area contributed by atoms with Gasteiger partial charge in [-0.05, 0) is 70.2 Å². The minimum Gasteiger partial charge on any atom is -0.490 e. The second-order valence-corrected chi connectivity index (χ2v) is 11.1. The predicted molar refractivity (Wildman–Crippen MR) is 149 cm³/mol. The fourth-order valence-electron chi connectivity index (χ4n) is 4.39. The van der Waals surface area contributed by atoms with Crippen molar-refractivity contribution < 1.29 is 14.3 Å². The molecular weight excluding hydrogens is 504 g/mol. The van der Waals surface area contributed by atoms with E-state index < -0.39 is 0 Å². The SMILES string of the molecule is CCOC(=O)CCSNC1CCCC2=C(c3nnc(-c4ccc(OC(C)C)c(C#N)c4)s3)C=CC=C1C2. The van der Waals surface area contributed by atoms with Gasteiger partial charge in [0, 0.05) is 22.9 Å². The summed E-state index contributed by atoms with van der Waals surface area (Å²) in [6.07, 6.45) is 10.9. The van der Waals surface area contributed by atoms with Crippen LogP contribution in [0.2, 0.25) is 0 Å². The van der Waals surface area contributed by atoms with Gasteiger partial charge >= 0.3 is 5.97 Å². The molecule has 1 aromatic carbocycles. The summed E-state index contributed by atoms with van der Waals surface area (Å²) in [5.74, 6) is 1.13. The van der Waals surface area contributed by atoms with E-state index in [4.69, 9.17) is 9.47 Å². The summed E-state index contributed by atoms with van der Waals surface area (Å²) in [6.45, 7) is 6.14. The molecule has 0 saturated heterocycles. The molecule has 0 radical (unpaired) electrons. The van der Waals surface area contributed by atoms with Gasteiger partial charge in [0.15, 0.2) is 0 Å². The Morgan fingerprint density at radius 1 is 1.32 bits per heavy atom. The van der Waals surface area contributed by atoms with Gasteiger partial charge in [-0.1, -0.05) is 47.1 Å². The van der Waals surface area contributed by atoms with Gasteiger partial charge in [0.05, 0.1) is 24.7 Å². The average Bonchev–Trinajstić information content (AvgIpc) is 3.16. The Kier molecular flexibility index (Phi) is 9.56. The maximum absolute atomic E-state index is 11.6. The second-order valence-electron chi connectivity index (χ2n) is 9.16. The van der Waals surface area contributed by atoms with Crippen molar-refractivity contribution in [1.82, 2.24) is 14.9 Å². The molecule has 194 valence electrons. The Labute approximate surface area is 226 Å². The first-order valence-electron chi connectivity index (χ1n) is 12.7. The number of esters is 1. The third-order valence-electron chi connectivity index (χ3n) is 6.09. The van der Waals surface area contributed by atoms with Crippen LogP contribution in [0.25, 0.3) is 16.1 Å². The van der Waals surface area contributed by atoms with E-state index in [1.165, 1.54) is 11.1 Å². The number of fused-ring (bicyclic) bond motifs is 2. The molecule has 1 N–H and O–H groups in total. The molecule has 4 rings (SSSR count). The maximum Gasteiger partial charge on any atom is 0.306 e. The zero-order valence-electron chi connectivity index (χ0n) is 21.5. The number of ether oxygens (including phenoxy) is 2. The molecule has 0 amide bonds. The summed E-state index contributed by atoms with van der Waals surface area (Å²) < 4.78 is 14.3. The Morgan fingerprint density at radius 3 is 2.95 bits per heavy atom. The van der Waals surface area contributed by atoms with Crippen molar-refractivity contribution in [3.63, 3.8) is 0 Å². The molecule has 2 aliphatic rings. The average molecular weight is 537 g/mol. The Balaban J connectivity index is 1.46. The van der Waals surface area contributed by atoms with Crippen LogP contribution in [0.5, 0.6) is 5.75 Å². The van der Waals surface area contributed by atoms with E-state index in [9.17, 15) is 10.1 Å². The summed E-state index contributed by atoms with van der Waals surface area (Å²) in [6, 6.07) is 8.10. The van der Waals surface area contributed by atoms with Gasteiger partial charge in [0.1, 0.15) is 21.8 Å². The molecule has 2 bridgehead atoms. The predicted octanol–water partition coefficient (Wildman–Crippen LogP) is 6.25. The van der Waals surface area contributed by atoms with Crippen LogP contribution < -0.4 is 9.46 Å². The lowest BCUT2D eigenvalue weighted by atomic mass is 9.99. The van der Waals surface area contributed by atoms with E-state index in [0.717, 1.165) is 46.8 Å². The number of benzene rings is 1. The molecule has 2 aliphatic carbocycles. The number of carbonyl (C=O) groups is 1. The lowest BCUT2D eigenvalue weighted by Gasteiger charge is -2.18. The van der Waals surface area contributed by atoms with Crippen LogP contribution in [0, 0.1) is 11.3 Å². The quantitative estimate of drug-likeness (QED) is 0.216. The maximum atomic E-state index is 11.6. The monoisotopic (exact) mass is 536 g/mol. The van der Waals surface area contributed by atoms with Crippen molar-refractivity contribution in [3.05, 3.63) is 58.1 Å². The number of nitrogens with zero attached hydrogens (tertiary/aromatic N) is 3. The second kappa shape index (κ2) is 13.0. The van der Waals surface area contributed by atoms with Crippen LogP contribution in [0.4, 0.5) is 0 Å².